The number of para-hydroxylation sites is 1. The van der Waals surface area contributed by atoms with Crippen LogP contribution in [0.1, 0.15) is 12.1 Å². The molecule has 1 aromatic carbocycles. The van der Waals surface area contributed by atoms with Crippen LogP contribution in [0.15, 0.2) is 42.7 Å². The number of pyridine rings is 1. The predicted octanol–water partition coefficient (Wildman–Crippen LogP) is 2.64. The van der Waals surface area contributed by atoms with Crippen molar-refractivity contribution in [1.82, 2.24) is 20.0 Å². The van der Waals surface area contributed by atoms with E-state index in [1.54, 1.807) is 6.20 Å². The lowest BCUT2D eigenvalue weighted by molar-refractivity contribution is 0.570. The second-order valence-electron chi connectivity index (χ2n) is 4.77. The molecule has 0 saturated carbocycles. The summed E-state index contributed by atoms with van der Waals surface area (Å²) in [7, 11) is 0. The van der Waals surface area contributed by atoms with E-state index >= 15 is 0 Å². The summed E-state index contributed by atoms with van der Waals surface area (Å²) in [4.78, 5) is 4.54. The van der Waals surface area contributed by atoms with Gasteiger partial charge in [0.05, 0.1) is 11.7 Å². The first-order valence-corrected chi connectivity index (χ1v) is 6.77. The third-order valence-electron chi connectivity index (χ3n) is 3.20. The van der Waals surface area contributed by atoms with E-state index in [0.717, 1.165) is 36.4 Å². The van der Waals surface area contributed by atoms with Gasteiger partial charge in [-0.05, 0) is 25.5 Å². The molecule has 0 amide bonds. The lowest BCUT2D eigenvalue weighted by Crippen LogP contribution is -2.08. The Morgan fingerprint density at radius 1 is 1.25 bits per heavy atom. The van der Waals surface area contributed by atoms with Crippen molar-refractivity contribution < 1.29 is 0 Å². The fourth-order valence-electron chi connectivity index (χ4n) is 2.27. The van der Waals surface area contributed by atoms with Gasteiger partial charge in [-0.3, -0.25) is 9.67 Å². The second-order valence-corrected chi connectivity index (χ2v) is 4.77. The van der Waals surface area contributed by atoms with Gasteiger partial charge in [-0.1, -0.05) is 23.4 Å². The molecule has 0 spiro atoms. The maximum atomic E-state index is 4.54. The van der Waals surface area contributed by atoms with Gasteiger partial charge in [0.1, 0.15) is 0 Å². The average molecular weight is 267 g/mol. The number of nitrogens with one attached hydrogen (secondary N) is 1. The summed E-state index contributed by atoms with van der Waals surface area (Å²) in [6, 6.07) is 10.3. The molecule has 1 N–H and O–H groups in total. The normalized spacial score (nSPS) is 10.8. The summed E-state index contributed by atoms with van der Waals surface area (Å²) in [5.74, 6) is 0. The maximum absolute atomic E-state index is 4.54. The highest BCUT2D eigenvalue weighted by molar-refractivity contribution is 5.91. The highest BCUT2D eigenvalue weighted by Gasteiger charge is 2.02. The van der Waals surface area contributed by atoms with E-state index < -0.39 is 0 Å². The number of fused-ring (bicyclic) bond motifs is 1. The molecule has 20 heavy (non-hydrogen) atoms. The average Bonchev–Trinajstić information content (AvgIpc) is 2.96. The largest absolute Gasteiger partial charge is 0.384 e. The summed E-state index contributed by atoms with van der Waals surface area (Å²) in [5.41, 5.74) is 3.21. The van der Waals surface area contributed by atoms with Gasteiger partial charge in [-0.15, -0.1) is 5.10 Å². The van der Waals surface area contributed by atoms with Crippen LogP contribution in [-0.2, 0) is 6.54 Å². The molecule has 0 atom stereocenters. The molecule has 3 aromatic rings. The zero-order valence-electron chi connectivity index (χ0n) is 11.5. The molecule has 102 valence electrons. The van der Waals surface area contributed by atoms with Gasteiger partial charge in [0.2, 0.25) is 0 Å². The van der Waals surface area contributed by atoms with Gasteiger partial charge >= 0.3 is 0 Å². The molecule has 2 aromatic heterocycles. The first-order chi connectivity index (χ1) is 9.83. The lowest BCUT2D eigenvalue weighted by atomic mass is 10.1. The van der Waals surface area contributed by atoms with Crippen molar-refractivity contribution in [3.8, 4) is 0 Å². The van der Waals surface area contributed by atoms with Crippen molar-refractivity contribution in [3.63, 3.8) is 0 Å². The minimum Gasteiger partial charge on any atom is -0.384 e. The summed E-state index contributed by atoms with van der Waals surface area (Å²) in [6.45, 7) is 3.79. The zero-order valence-corrected chi connectivity index (χ0v) is 11.5. The zero-order chi connectivity index (χ0) is 13.8. The van der Waals surface area contributed by atoms with Crippen LogP contribution >= 0.6 is 0 Å². The van der Waals surface area contributed by atoms with E-state index in [1.807, 2.05) is 36.0 Å². The van der Waals surface area contributed by atoms with E-state index in [0.29, 0.717) is 0 Å². The maximum Gasteiger partial charge on any atom is 0.0725 e. The van der Waals surface area contributed by atoms with E-state index in [9.17, 15) is 0 Å². The lowest BCUT2D eigenvalue weighted by Gasteiger charge is -2.10. The quantitative estimate of drug-likeness (QED) is 0.722. The minimum atomic E-state index is 0.870. The molecular weight excluding hydrogens is 250 g/mol. The number of hydrogen-bond donors (Lipinski definition) is 1. The van der Waals surface area contributed by atoms with Crippen LogP contribution in [0, 0.1) is 6.92 Å². The minimum absolute atomic E-state index is 0.870. The Morgan fingerprint density at radius 3 is 3.00 bits per heavy atom. The highest BCUT2D eigenvalue weighted by atomic mass is 15.4. The molecule has 0 unspecified atom stereocenters. The number of anilines is 1. The molecule has 0 aliphatic carbocycles. The highest BCUT2D eigenvalue weighted by Crippen LogP contribution is 2.22. The molecule has 3 rings (SSSR count). The summed E-state index contributed by atoms with van der Waals surface area (Å²) in [6.07, 6.45) is 4.58. The van der Waals surface area contributed by atoms with E-state index in [-0.39, 0.29) is 0 Å². The molecule has 5 nitrogen and oxygen atoms in total. The summed E-state index contributed by atoms with van der Waals surface area (Å²) < 4.78 is 1.84. The standard InChI is InChI=1S/C15H17N5/c1-12-11-15(13-5-2-3-6-14(13)18-12)16-7-4-9-20-10-8-17-19-20/h2-3,5-6,8,10-11H,4,7,9H2,1H3,(H,16,18). The van der Waals surface area contributed by atoms with Gasteiger partial charge in [-0.2, -0.15) is 0 Å². The van der Waals surface area contributed by atoms with Gasteiger partial charge in [-0.25, -0.2) is 0 Å². The number of nitrogens with zero attached hydrogens (tertiary/aromatic N) is 4. The smallest absolute Gasteiger partial charge is 0.0725 e. The molecule has 0 radical (unpaired) electrons. The number of aryl methyl sites for hydroxylation is 2. The Bertz CT molecular complexity index is 691. The SMILES string of the molecule is Cc1cc(NCCCn2ccnn2)c2ccccc2n1. The topological polar surface area (TPSA) is 55.6 Å². The Hall–Kier alpha value is -2.43. The molecule has 5 heteroatoms. The predicted molar refractivity (Wildman–Crippen MR) is 79.6 cm³/mol. The molecule has 0 fully saturated rings. The van der Waals surface area contributed by atoms with Gasteiger partial charge in [0.25, 0.3) is 0 Å². The Balaban J connectivity index is 1.68. The number of rotatable bonds is 5. The Labute approximate surface area is 117 Å². The molecule has 0 bridgehead atoms. The van der Waals surface area contributed by atoms with Crippen molar-refractivity contribution in [1.29, 1.82) is 0 Å². The van der Waals surface area contributed by atoms with Crippen LogP contribution in [0.3, 0.4) is 0 Å². The van der Waals surface area contributed by atoms with Crippen molar-refractivity contribution in [2.75, 3.05) is 11.9 Å². The number of benzene rings is 1. The summed E-state index contributed by atoms with van der Waals surface area (Å²) in [5, 5.41) is 12.4. The van der Waals surface area contributed by atoms with Crippen LogP contribution in [0.2, 0.25) is 0 Å². The van der Waals surface area contributed by atoms with E-state index in [2.05, 4.69) is 32.7 Å². The molecule has 0 saturated heterocycles. The van der Waals surface area contributed by atoms with Crippen LogP contribution in [-0.4, -0.2) is 26.5 Å². The summed E-state index contributed by atoms with van der Waals surface area (Å²) >= 11 is 0. The van der Waals surface area contributed by atoms with E-state index in [4.69, 9.17) is 0 Å². The monoisotopic (exact) mass is 267 g/mol. The van der Waals surface area contributed by atoms with Gasteiger partial charge < -0.3 is 5.32 Å². The second kappa shape index (κ2) is 5.69. The molecule has 2 heterocycles. The first kappa shape index (κ1) is 12.6. The molecule has 0 aliphatic rings. The van der Waals surface area contributed by atoms with Crippen LogP contribution in [0.5, 0.6) is 0 Å². The van der Waals surface area contributed by atoms with Crippen LogP contribution in [0.25, 0.3) is 10.9 Å². The number of hydrogen-bond acceptors (Lipinski definition) is 4. The first-order valence-electron chi connectivity index (χ1n) is 6.77. The molecular formula is C15H17N5. The van der Waals surface area contributed by atoms with Gasteiger partial charge in [0.15, 0.2) is 0 Å². The third-order valence-corrected chi connectivity index (χ3v) is 3.20. The van der Waals surface area contributed by atoms with Crippen molar-refractivity contribution in [2.45, 2.75) is 19.9 Å². The van der Waals surface area contributed by atoms with Crippen molar-refractivity contribution >= 4 is 16.6 Å². The van der Waals surface area contributed by atoms with Gasteiger partial charge in [0, 0.05) is 36.1 Å². The van der Waals surface area contributed by atoms with E-state index in [1.165, 1.54) is 5.39 Å². The fraction of sp³-hybridized carbons (Fsp3) is 0.267. The Morgan fingerprint density at radius 2 is 2.15 bits per heavy atom. The van der Waals surface area contributed by atoms with Crippen LogP contribution < -0.4 is 5.32 Å². The van der Waals surface area contributed by atoms with Crippen LogP contribution in [0.4, 0.5) is 5.69 Å². The molecule has 0 aliphatic heterocycles. The third kappa shape index (κ3) is 2.77. The fourth-order valence-corrected chi connectivity index (χ4v) is 2.27. The van der Waals surface area contributed by atoms with Crippen molar-refractivity contribution in [2.24, 2.45) is 0 Å². The Kier molecular flexibility index (Phi) is 3.58. The number of aromatic nitrogens is 4. The van der Waals surface area contributed by atoms with Crippen molar-refractivity contribution in [3.05, 3.63) is 48.4 Å².